The number of hydrogen-bond acceptors (Lipinski definition) is 2. The molecule has 0 rings (SSSR count). The van der Waals surface area contributed by atoms with E-state index in [0.717, 1.165) is 13.2 Å². The van der Waals surface area contributed by atoms with Gasteiger partial charge in [0.15, 0.2) is 0 Å². The van der Waals surface area contributed by atoms with E-state index < -0.39 is 0 Å². The van der Waals surface area contributed by atoms with Gasteiger partial charge in [-0.1, -0.05) is 65.2 Å². The summed E-state index contributed by atoms with van der Waals surface area (Å²) in [6, 6.07) is 0. The summed E-state index contributed by atoms with van der Waals surface area (Å²) in [6.45, 7) is 6.68. The molecule has 104 valence electrons. The normalized spacial score (nSPS) is 10.9. The van der Waals surface area contributed by atoms with E-state index >= 15 is 0 Å². The SMILES string of the molecule is CCCCCCCCOCOCCCCCC. The van der Waals surface area contributed by atoms with Gasteiger partial charge in [0.05, 0.1) is 0 Å². The summed E-state index contributed by atoms with van der Waals surface area (Å²) in [5, 5.41) is 0. The Morgan fingerprint density at radius 3 is 1.47 bits per heavy atom. The maximum atomic E-state index is 5.42. The predicted octanol–water partition coefficient (Wildman–Crippen LogP) is 4.92. The van der Waals surface area contributed by atoms with Crippen LogP contribution in [0.5, 0.6) is 0 Å². The standard InChI is InChI=1S/C15H32O2/c1-3-5-7-9-10-12-14-17-15-16-13-11-8-6-4-2/h3-15H2,1-2H3. The zero-order chi connectivity index (χ0) is 12.6. The van der Waals surface area contributed by atoms with Crippen molar-refractivity contribution in [2.24, 2.45) is 0 Å². The summed E-state index contributed by atoms with van der Waals surface area (Å²) in [6.07, 6.45) is 13.0. The van der Waals surface area contributed by atoms with Crippen LogP contribution in [0.25, 0.3) is 0 Å². The molecule has 17 heavy (non-hydrogen) atoms. The second-order valence-corrected chi connectivity index (χ2v) is 4.76. The van der Waals surface area contributed by atoms with Gasteiger partial charge in [0.2, 0.25) is 0 Å². The van der Waals surface area contributed by atoms with E-state index in [0.29, 0.717) is 6.79 Å². The van der Waals surface area contributed by atoms with Crippen molar-refractivity contribution in [3.8, 4) is 0 Å². The Bertz CT molecular complexity index is 112. The second kappa shape index (κ2) is 15.9. The van der Waals surface area contributed by atoms with Crippen LogP contribution in [0.2, 0.25) is 0 Å². The lowest BCUT2D eigenvalue weighted by atomic mass is 10.1. The molecule has 0 unspecified atom stereocenters. The van der Waals surface area contributed by atoms with Gasteiger partial charge >= 0.3 is 0 Å². The second-order valence-electron chi connectivity index (χ2n) is 4.76. The smallest absolute Gasteiger partial charge is 0.146 e. The van der Waals surface area contributed by atoms with Crippen LogP contribution in [0.3, 0.4) is 0 Å². The Labute approximate surface area is 108 Å². The number of ether oxygens (including phenoxy) is 2. The Morgan fingerprint density at radius 2 is 0.941 bits per heavy atom. The molecule has 0 atom stereocenters. The third-order valence-electron chi connectivity index (χ3n) is 2.95. The molecule has 0 aliphatic heterocycles. The highest BCUT2D eigenvalue weighted by Crippen LogP contribution is 2.05. The van der Waals surface area contributed by atoms with Crippen LogP contribution in [-0.4, -0.2) is 20.0 Å². The van der Waals surface area contributed by atoms with Gasteiger partial charge in [-0.3, -0.25) is 0 Å². The average molecular weight is 244 g/mol. The van der Waals surface area contributed by atoms with Crippen LogP contribution in [0.1, 0.15) is 78.1 Å². The minimum atomic E-state index is 0.487. The van der Waals surface area contributed by atoms with Crippen LogP contribution in [-0.2, 0) is 9.47 Å². The number of hydrogen-bond donors (Lipinski definition) is 0. The van der Waals surface area contributed by atoms with Crippen molar-refractivity contribution >= 4 is 0 Å². The van der Waals surface area contributed by atoms with Gasteiger partial charge in [0.25, 0.3) is 0 Å². The third kappa shape index (κ3) is 15.9. The van der Waals surface area contributed by atoms with Gasteiger partial charge < -0.3 is 9.47 Å². The molecule has 0 amide bonds. The molecule has 0 fully saturated rings. The van der Waals surface area contributed by atoms with Gasteiger partial charge in [-0.2, -0.15) is 0 Å². The zero-order valence-corrected chi connectivity index (χ0v) is 12.0. The first-order valence-electron chi connectivity index (χ1n) is 7.57. The third-order valence-corrected chi connectivity index (χ3v) is 2.95. The van der Waals surface area contributed by atoms with Crippen LogP contribution >= 0.6 is 0 Å². The minimum Gasteiger partial charge on any atom is -0.355 e. The summed E-state index contributed by atoms with van der Waals surface area (Å²) in [7, 11) is 0. The summed E-state index contributed by atoms with van der Waals surface area (Å²) in [5.74, 6) is 0. The van der Waals surface area contributed by atoms with Crippen LogP contribution in [0.15, 0.2) is 0 Å². The van der Waals surface area contributed by atoms with Crippen molar-refractivity contribution in [2.75, 3.05) is 20.0 Å². The molecule has 0 aromatic carbocycles. The molecule has 0 heterocycles. The van der Waals surface area contributed by atoms with E-state index in [4.69, 9.17) is 9.47 Å². The molecule has 0 aromatic rings. The highest BCUT2D eigenvalue weighted by Gasteiger charge is 1.92. The van der Waals surface area contributed by atoms with Crippen molar-refractivity contribution in [2.45, 2.75) is 78.1 Å². The fraction of sp³-hybridized carbons (Fsp3) is 1.00. The molecule has 2 nitrogen and oxygen atoms in total. The summed E-state index contributed by atoms with van der Waals surface area (Å²) in [5.41, 5.74) is 0. The summed E-state index contributed by atoms with van der Waals surface area (Å²) >= 11 is 0. The molecule has 0 bridgehead atoms. The molecular formula is C15H32O2. The first kappa shape index (κ1) is 16.9. The van der Waals surface area contributed by atoms with E-state index in [1.807, 2.05) is 0 Å². The number of rotatable bonds is 14. The van der Waals surface area contributed by atoms with E-state index in [-0.39, 0.29) is 0 Å². The quantitative estimate of drug-likeness (QED) is 0.319. The average Bonchev–Trinajstić information content (AvgIpc) is 2.35. The maximum Gasteiger partial charge on any atom is 0.146 e. The Kier molecular flexibility index (Phi) is 15.8. The number of unbranched alkanes of at least 4 members (excludes halogenated alkanes) is 8. The van der Waals surface area contributed by atoms with Gasteiger partial charge in [-0.15, -0.1) is 0 Å². The fourth-order valence-corrected chi connectivity index (χ4v) is 1.79. The van der Waals surface area contributed by atoms with Gasteiger partial charge in [0, 0.05) is 13.2 Å². The van der Waals surface area contributed by atoms with E-state index in [9.17, 15) is 0 Å². The molecule has 0 radical (unpaired) electrons. The van der Waals surface area contributed by atoms with E-state index in [1.54, 1.807) is 0 Å². The largest absolute Gasteiger partial charge is 0.355 e. The maximum absolute atomic E-state index is 5.42. The fourth-order valence-electron chi connectivity index (χ4n) is 1.79. The van der Waals surface area contributed by atoms with Crippen LogP contribution < -0.4 is 0 Å². The highest BCUT2D eigenvalue weighted by atomic mass is 16.7. The first-order valence-corrected chi connectivity index (χ1v) is 7.57. The predicted molar refractivity (Wildman–Crippen MR) is 74.3 cm³/mol. The minimum absolute atomic E-state index is 0.487. The Morgan fingerprint density at radius 1 is 0.529 bits per heavy atom. The summed E-state index contributed by atoms with van der Waals surface area (Å²) < 4.78 is 10.8. The van der Waals surface area contributed by atoms with Crippen molar-refractivity contribution < 1.29 is 9.47 Å². The Hall–Kier alpha value is -0.0800. The summed E-state index contributed by atoms with van der Waals surface area (Å²) in [4.78, 5) is 0. The van der Waals surface area contributed by atoms with E-state index in [1.165, 1.54) is 64.2 Å². The van der Waals surface area contributed by atoms with Gasteiger partial charge in [-0.25, -0.2) is 0 Å². The molecule has 2 heteroatoms. The first-order chi connectivity index (χ1) is 8.41. The molecule has 0 saturated heterocycles. The van der Waals surface area contributed by atoms with Crippen molar-refractivity contribution in [1.29, 1.82) is 0 Å². The van der Waals surface area contributed by atoms with E-state index in [2.05, 4.69) is 13.8 Å². The van der Waals surface area contributed by atoms with Crippen molar-refractivity contribution in [3.05, 3.63) is 0 Å². The molecule has 0 N–H and O–H groups in total. The van der Waals surface area contributed by atoms with Crippen molar-refractivity contribution in [3.63, 3.8) is 0 Å². The lowest BCUT2D eigenvalue weighted by Crippen LogP contribution is -2.03. The highest BCUT2D eigenvalue weighted by molar-refractivity contribution is 4.43. The lowest BCUT2D eigenvalue weighted by molar-refractivity contribution is -0.0555. The Balaban J connectivity index is 2.85. The van der Waals surface area contributed by atoms with Gasteiger partial charge in [-0.05, 0) is 12.8 Å². The lowest BCUT2D eigenvalue weighted by Gasteiger charge is -2.05. The molecule has 0 aliphatic rings. The monoisotopic (exact) mass is 244 g/mol. The zero-order valence-electron chi connectivity index (χ0n) is 12.0. The van der Waals surface area contributed by atoms with Crippen LogP contribution in [0.4, 0.5) is 0 Å². The van der Waals surface area contributed by atoms with Crippen molar-refractivity contribution in [1.82, 2.24) is 0 Å². The molecule has 0 aromatic heterocycles. The molecular weight excluding hydrogens is 212 g/mol. The molecule has 0 saturated carbocycles. The van der Waals surface area contributed by atoms with Crippen LogP contribution in [0, 0.1) is 0 Å². The molecule has 0 spiro atoms. The molecule has 0 aliphatic carbocycles. The van der Waals surface area contributed by atoms with Gasteiger partial charge in [0.1, 0.15) is 6.79 Å². The topological polar surface area (TPSA) is 18.5 Å².